The van der Waals surface area contributed by atoms with E-state index < -0.39 is 23.6 Å². The van der Waals surface area contributed by atoms with Crippen molar-refractivity contribution >= 4 is 24.5 Å². The molecule has 5 nitrogen and oxygen atoms in total. The lowest BCUT2D eigenvalue weighted by molar-refractivity contribution is -0.141. The fourth-order valence-corrected chi connectivity index (χ4v) is 1.78. The fourth-order valence-electron chi connectivity index (χ4n) is 1.78. The maximum absolute atomic E-state index is 11.8. The number of carboxylic acid groups (broad SMARTS) is 1. The Hall–Kier alpha value is -0.970. The number of hydrogen-bond acceptors (Lipinski definition) is 3. The van der Waals surface area contributed by atoms with Crippen molar-refractivity contribution < 1.29 is 19.4 Å². The molecule has 1 heterocycles. The summed E-state index contributed by atoms with van der Waals surface area (Å²) in [6.45, 7) is 7.46. The number of rotatable bonds is 1. The van der Waals surface area contributed by atoms with Crippen LogP contribution in [-0.2, 0) is 9.53 Å². The summed E-state index contributed by atoms with van der Waals surface area (Å²) < 4.78 is 5.21. The molecule has 0 aromatic heterocycles. The summed E-state index contributed by atoms with van der Waals surface area (Å²) in [5, 5.41) is 8.88. The monoisotopic (exact) mass is 265 g/mol. The lowest BCUT2D eigenvalue weighted by Crippen LogP contribution is -2.39. The standard InChI is InChI=1S/C11H19NO4.ClH/c1-7-5-8(9(13)14)6-12(7)10(15)16-11(2,3)4;/h7-8H,5-6H2,1-4H3,(H,13,14);1H. The van der Waals surface area contributed by atoms with Crippen LogP contribution in [0.2, 0.25) is 0 Å². The van der Waals surface area contributed by atoms with Crippen molar-refractivity contribution in [1.29, 1.82) is 0 Å². The Labute approximate surface area is 108 Å². The normalized spacial score (nSPS) is 24.1. The SMILES string of the molecule is CC1CC(C(=O)O)CN1C(=O)OC(C)(C)C.Cl. The van der Waals surface area contributed by atoms with E-state index in [1.807, 2.05) is 6.92 Å². The summed E-state index contributed by atoms with van der Waals surface area (Å²) >= 11 is 0. The summed E-state index contributed by atoms with van der Waals surface area (Å²) in [5.74, 6) is -1.32. The van der Waals surface area contributed by atoms with Gasteiger partial charge in [-0.25, -0.2) is 4.79 Å². The van der Waals surface area contributed by atoms with Crippen LogP contribution in [0.15, 0.2) is 0 Å². The average molecular weight is 266 g/mol. The van der Waals surface area contributed by atoms with Crippen LogP contribution in [0.4, 0.5) is 4.79 Å². The number of halogens is 1. The van der Waals surface area contributed by atoms with Gasteiger partial charge in [-0.2, -0.15) is 0 Å². The molecule has 0 saturated carbocycles. The third-order valence-electron chi connectivity index (χ3n) is 2.55. The number of hydrogen-bond donors (Lipinski definition) is 1. The van der Waals surface area contributed by atoms with Gasteiger partial charge in [-0.05, 0) is 34.1 Å². The molecule has 1 amide bonds. The summed E-state index contributed by atoms with van der Waals surface area (Å²) in [6, 6.07) is -0.0732. The molecule has 17 heavy (non-hydrogen) atoms. The lowest BCUT2D eigenvalue weighted by atomic mass is 10.1. The molecule has 0 aromatic rings. The zero-order valence-corrected chi connectivity index (χ0v) is 11.4. The molecule has 0 aromatic carbocycles. The van der Waals surface area contributed by atoms with Crippen molar-refractivity contribution in [2.75, 3.05) is 6.54 Å². The minimum absolute atomic E-state index is 0. The average Bonchev–Trinajstić information content (AvgIpc) is 2.44. The third kappa shape index (κ3) is 4.42. The number of ether oxygens (including phenoxy) is 1. The highest BCUT2D eigenvalue weighted by Crippen LogP contribution is 2.25. The van der Waals surface area contributed by atoms with Gasteiger partial charge < -0.3 is 14.7 Å². The highest BCUT2D eigenvalue weighted by molar-refractivity contribution is 5.85. The minimum atomic E-state index is -0.849. The van der Waals surface area contributed by atoms with Crippen molar-refractivity contribution in [1.82, 2.24) is 4.90 Å². The molecule has 0 radical (unpaired) electrons. The molecule has 1 rings (SSSR count). The minimum Gasteiger partial charge on any atom is -0.481 e. The zero-order valence-electron chi connectivity index (χ0n) is 10.6. The van der Waals surface area contributed by atoms with E-state index in [9.17, 15) is 9.59 Å². The molecule has 6 heteroatoms. The van der Waals surface area contributed by atoms with Crippen molar-refractivity contribution in [3.8, 4) is 0 Å². The number of carbonyl (C=O) groups is 2. The summed E-state index contributed by atoms with van der Waals surface area (Å²) in [5.41, 5.74) is -0.544. The number of amides is 1. The van der Waals surface area contributed by atoms with Crippen LogP contribution in [0.25, 0.3) is 0 Å². The van der Waals surface area contributed by atoms with Crippen LogP contribution in [-0.4, -0.2) is 40.3 Å². The third-order valence-corrected chi connectivity index (χ3v) is 2.55. The van der Waals surface area contributed by atoms with Gasteiger partial charge in [0.2, 0.25) is 0 Å². The fraction of sp³-hybridized carbons (Fsp3) is 0.818. The zero-order chi connectivity index (χ0) is 12.5. The molecule has 0 bridgehead atoms. The van der Waals surface area contributed by atoms with Gasteiger partial charge in [0.1, 0.15) is 5.60 Å². The molecule has 1 aliphatic heterocycles. The van der Waals surface area contributed by atoms with Gasteiger partial charge in [-0.1, -0.05) is 0 Å². The Morgan fingerprint density at radius 1 is 1.35 bits per heavy atom. The number of nitrogens with zero attached hydrogens (tertiary/aromatic N) is 1. The molecular weight excluding hydrogens is 246 g/mol. The van der Waals surface area contributed by atoms with E-state index in [0.29, 0.717) is 6.42 Å². The van der Waals surface area contributed by atoms with E-state index >= 15 is 0 Å². The highest BCUT2D eigenvalue weighted by atomic mass is 35.5. The Morgan fingerprint density at radius 3 is 2.24 bits per heavy atom. The molecule has 0 aliphatic carbocycles. The molecule has 2 unspecified atom stereocenters. The Bertz CT molecular complexity index is 300. The van der Waals surface area contributed by atoms with Gasteiger partial charge >= 0.3 is 12.1 Å². The maximum Gasteiger partial charge on any atom is 0.410 e. The number of carboxylic acids is 1. The second-order valence-electron chi connectivity index (χ2n) is 5.25. The van der Waals surface area contributed by atoms with Crippen LogP contribution in [0, 0.1) is 5.92 Å². The van der Waals surface area contributed by atoms with E-state index in [0.717, 1.165) is 0 Å². The first-order valence-corrected chi connectivity index (χ1v) is 5.43. The van der Waals surface area contributed by atoms with Gasteiger partial charge in [-0.15, -0.1) is 12.4 Å². The molecule has 1 saturated heterocycles. The van der Waals surface area contributed by atoms with Gasteiger partial charge in [-0.3, -0.25) is 4.79 Å². The Morgan fingerprint density at radius 2 is 1.88 bits per heavy atom. The number of aliphatic carboxylic acids is 1. The van der Waals surface area contributed by atoms with E-state index in [4.69, 9.17) is 9.84 Å². The van der Waals surface area contributed by atoms with E-state index in [-0.39, 0.29) is 25.0 Å². The van der Waals surface area contributed by atoms with Crippen LogP contribution >= 0.6 is 12.4 Å². The topological polar surface area (TPSA) is 66.8 Å². The van der Waals surface area contributed by atoms with Gasteiger partial charge in [0, 0.05) is 12.6 Å². The van der Waals surface area contributed by atoms with Crippen molar-refractivity contribution in [2.45, 2.75) is 45.8 Å². The Kier molecular flexibility index (Phi) is 5.26. The summed E-state index contributed by atoms with van der Waals surface area (Å²) in [7, 11) is 0. The van der Waals surface area contributed by atoms with Crippen LogP contribution in [0.1, 0.15) is 34.1 Å². The second-order valence-corrected chi connectivity index (χ2v) is 5.25. The van der Waals surface area contributed by atoms with Crippen molar-refractivity contribution in [2.24, 2.45) is 5.92 Å². The molecule has 1 N–H and O–H groups in total. The van der Waals surface area contributed by atoms with E-state index in [2.05, 4.69) is 0 Å². The predicted molar refractivity (Wildman–Crippen MR) is 65.4 cm³/mol. The number of likely N-dealkylation sites (tertiary alicyclic amines) is 1. The first kappa shape index (κ1) is 16.0. The molecule has 1 fully saturated rings. The Balaban J connectivity index is 0.00000256. The first-order chi connectivity index (χ1) is 7.20. The summed E-state index contributed by atoms with van der Waals surface area (Å²) in [4.78, 5) is 24.1. The maximum atomic E-state index is 11.8. The van der Waals surface area contributed by atoms with E-state index in [1.54, 1.807) is 20.8 Å². The largest absolute Gasteiger partial charge is 0.481 e. The van der Waals surface area contributed by atoms with Gasteiger partial charge in [0.05, 0.1) is 5.92 Å². The van der Waals surface area contributed by atoms with E-state index in [1.165, 1.54) is 4.90 Å². The smallest absolute Gasteiger partial charge is 0.410 e. The van der Waals surface area contributed by atoms with Crippen LogP contribution in [0.3, 0.4) is 0 Å². The highest BCUT2D eigenvalue weighted by Gasteiger charge is 2.38. The van der Waals surface area contributed by atoms with Crippen LogP contribution < -0.4 is 0 Å². The second kappa shape index (κ2) is 5.58. The quantitative estimate of drug-likeness (QED) is 0.789. The molecule has 0 spiro atoms. The summed E-state index contributed by atoms with van der Waals surface area (Å²) in [6.07, 6.45) is 0.0675. The van der Waals surface area contributed by atoms with Crippen LogP contribution in [0.5, 0.6) is 0 Å². The van der Waals surface area contributed by atoms with Crippen molar-refractivity contribution in [3.05, 3.63) is 0 Å². The van der Waals surface area contributed by atoms with Gasteiger partial charge in [0.25, 0.3) is 0 Å². The lowest BCUT2D eigenvalue weighted by Gasteiger charge is -2.26. The predicted octanol–water partition coefficient (Wildman–Crippen LogP) is 2.14. The first-order valence-electron chi connectivity index (χ1n) is 5.43. The number of carbonyl (C=O) groups excluding carboxylic acids is 1. The van der Waals surface area contributed by atoms with Crippen molar-refractivity contribution in [3.63, 3.8) is 0 Å². The molecule has 1 aliphatic rings. The van der Waals surface area contributed by atoms with Gasteiger partial charge in [0.15, 0.2) is 0 Å². The molecule has 100 valence electrons. The molecule has 2 atom stereocenters. The molecular formula is C11H20ClNO4.